The summed E-state index contributed by atoms with van der Waals surface area (Å²) in [5.74, 6) is 1.54. The highest BCUT2D eigenvalue weighted by Crippen LogP contribution is 2.32. The maximum atomic E-state index is 5.17. The minimum Gasteiger partial charge on any atom is -0.495 e. The molecule has 0 N–H and O–H groups in total. The zero-order valence-corrected chi connectivity index (χ0v) is 8.08. The van der Waals surface area contributed by atoms with Crippen molar-refractivity contribution in [2.45, 2.75) is 0 Å². The van der Waals surface area contributed by atoms with Crippen LogP contribution in [0.5, 0.6) is 5.75 Å². The van der Waals surface area contributed by atoms with E-state index in [1.807, 2.05) is 11.4 Å². The Kier molecular flexibility index (Phi) is 1.97. The summed E-state index contributed by atoms with van der Waals surface area (Å²) >= 11 is 1.56. The van der Waals surface area contributed by atoms with Gasteiger partial charge in [-0.15, -0.1) is 16.4 Å². The second-order valence-electron chi connectivity index (χ2n) is 2.44. The fraction of sp³-hybridized carbons (Fsp3) is 0.286. The number of nitrogens with zero attached hydrogens (tertiary/aromatic N) is 4. The lowest BCUT2D eigenvalue weighted by molar-refractivity contribution is 0.417. The molecule has 2 rings (SSSR count). The van der Waals surface area contributed by atoms with Gasteiger partial charge in [0, 0.05) is 7.05 Å². The first kappa shape index (κ1) is 8.18. The normalized spacial score (nSPS) is 10.3. The molecule has 0 saturated carbocycles. The van der Waals surface area contributed by atoms with Gasteiger partial charge in [-0.25, -0.2) is 4.68 Å². The van der Waals surface area contributed by atoms with Crippen LogP contribution in [0.4, 0.5) is 0 Å². The van der Waals surface area contributed by atoms with Crippen molar-refractivity contribution >= 4 is 11.3 Å². The summed E-state index contributed by atoms with van der Waals surface area (Å²) < 4.78 is 6.79. The summed E-state index contributed by atoms with van der Waals surface area (Å²) in [7, 11) is 3.43. The van der Waals surface area contributed by atoms with Crippen LogP contribution < -0.4 is 4.74 Å². The van der Waals surface area contributed by atoms with E-state index in [0.29, 0.717) is 0 Å². The smallest absolute Gasteiger partial charge is 0.195 e. The van der Waals surface area contributed by atoms with E-state index in [2.05, 4.69) is 15.5 Å². The van der Waals surface area contributed by atoms with Gasteiger partial charge in [-0.3, -0.25) is 0 Å². The molecule has 0 aliphatic carbocycles. The first-order valence-electron chi connectivity index (χ1n) is 3.67. The van der Waals surface area contributed by atoms with Gasteiger partial charge in [0.2, 0.25) is 0 Å². The van der Waals surface area contributed by atoms with Crippen LogP contribution in [0.15, 0.2) is 11.4 Å². The summed E-state index contributed by atoms with van der Waals surface area (Å²) in [6.07, 6.45) is 0. The fourth-order valence-corrected chi connectivity index (χ4v) is 1.92. The van der Waals surface area contributed by atoms with Crippen LogP contribution in [0, 0.1) is 0 Å². The summed E-state index contributed by atoms with van der Waals surface area (Å²) in [5, 5.41) is 13.2. The Morgan fingerprint density at radius 3 is 3.00 bits per heavy atom. The van der Waals surface area contributed by atoms with Gasteiger partial charge in [-0.1, -0.05) is 0 Å². The van der Waals surface area contributed by atoms with Crippen molar-refractivity contribution < 1.29 is 4.74 Å². The van der Waals surface area contributed by atoms with E-state index in [4.69, 9.17) is 4.74 Å². The molecule has 0 aliphatic rings. The largest absolute Gasteiger partial charge is 0.495 e. The highest BCUT2D eigenvalue weighted by molar-refractivity contribution is 7.13. The van der Waals surface area contributed by atoms with Crippen LogP contribution in [0.2, 0.25) is 0 Å². The Bertz CT molecular complexity index is 408. The Morgan fingerprint density at radius 1 is 1.54 bits per heavy atom. The molecule has 0 bridgehead atoms. The van der Waals surface area contributed by atoms with Gasteiger partial charge in [0.15, 0.2) is 5.82 Å². The molecular weight excluding hydrogens is 188 g/mol. The number of aryl methyl sites for hydroxylation is 1. The van der Waals surface area contributed by atoms with Crippen molar-refractivity contribution in [2.75, 3.05) is 7.11 Å². The van der Waals surface area contributed by atoms with Crippen LogP contribution >= 0.6 is 11.3 Å². The summed E-state index contributed by atoms with van der Waals surface area (Å²) in [5.41, 5.74) is 0. The van der Waals surface area contributed by atoms with Gasteiger partial charge < -0.3 is 4.74 Å². The fourth-order valence-electron chi connectivity index (χ4n) is 1.04. The van der Waals surface area contributed by atoms with E-state index in [1.165, 1.54) is 0 Å². The maximum absolute atomic E-state index is 5.17. The number of hydrogen-bond donors (Lipinski definition) is 0. The van der Waals surface area contributed by atoms with Gasteiger partial charge >= 0.3 is 0 Å². The van der Waals surface area contributed by atoms with E-state index in [0.717, 1.165) is 16.5 Å². The number of aromatic nitrogens is 4. The number of methoxy groups -OCH3 is 1. The molecule has 0 saturated heterocycles. The van der Waals surface area contributed by atoms with Crippen molar-refractivity contribution in [3.05, 3.63) is 11.4 Å². The molecule has 68 valence electrons. The molecule has 0 fully saturated rings. The highest BCUT2D eigenvalue weighted by Gasteiger charge is 2.12. The van der Waals surface area contributed by atoms with Crippen molar-refractivity contribution in [1.29, 1.82) is 0 Å². The minimum absolute atomic E-state index is 0.729. The second kappa shape index (κ2) is 3.14. The minimum atomic E-state index is 0.729. The Hall–Kier alpha value is -1.43. The molecule has 0 atom stereocenters. The van der Waals surface area contributed by atoms with Crippen molar-refractivity contribution in [3.63, 3.8) is 0 Å². The maximum Gasteiger partial charge on any atom is 0.195 e. The summed E-state index contributed by atoms with van der Waals surface area (Å²) in [4.78, 5) is 0.954. The number of hydrogen-bond acceptors (Lipinski definition) is 5. The van der Waals surface area contributed by atoms with E-state index in [-0.39, 0.29) is 0 Å². The van der Waals surface area contributed by atoms with Crippen LogP contribution in [0.1, 0.15) is 0 Å². The van der Waals surface area contributed by atoms with Crippen LogP contribution in [-0.2, 0) is 7.05 Å². The Morgan fingerprint density at radius 2 is 2.38 bits per heavy atom. The zero-order valence-electron chi connectivity index (χ0n) is 7.26. The van der Waals surface area contributed by atoms with E-state index < -0.39 is 0 Å². The predicted octanol–water partition coefficient (Wildman–Crippen LogP) is 0.947. The molecule has 2 aromatic rings. The van der Waals surface area contributed by atoms with Crippen LogP contribution in [0.25, 0.3) is 10.7 Å². The monoisotopic (exact) mass is 196 g/mol. The lowest BCUT2D eigenvalue weighted by atomic mass is 10.4. The molecule has 0 aromatic carbocycles. The summed E-state index contributed by atoms with van der Waals surface area (Å²) in [6, 6.07) is 1.90. The van der Waals surface area contributed by atoms with Gasteiger partial charge in [-0.2, -0.15) is 0 Å². The molecule has 0 radical (unpaired) electrons. The van der Waals surface area contributed by atoms with Crippen LogP contribution in [-0.4, -0.2) is 27.3 Å². The predicted molar refractivity (Wildman–Crippen MR) is 48.7 cm³/mol. The first-order chi connectivity index (χ1) is 6.33. The average molecular weight is 196 g/mol. The Balaban J connectivity index is 2.52. The van der Waals surface area contributed by atoms with E-state index in [1.54, 1.807) is 30.2 Å². The lowest BCUT2D eigenvalue weighted by Crippen LogP contribution is -1.94. The topological polar surface area (TPSA) is 52.8 Å². The van der Waals surface area contributed by atoms with Gasteiger partial charge in [0.1, 0.15) is 10.6 Å². The molecule has 0 unspecified atom stereocenters. The van der Waals surface area contributed by atoms with E-state index in [9.17, 15) is 0 Å². The Labute approximate surface area is 79.0 Å². The molecule has 13 heavy (non-hydrogen) atoms. The molecular formula is C7H8N4OS. The lowest BCUT2D eigenvalue weighted by Gasteiger charge is -1.99. The van der Waals surface area contributed by atoms with Crippen molar-refractivity contribution in [1.82, 2.24) is 20.2 Å². The van der Waals surface area contributed by atoms with Crippen molar-refractivity contribution in [3.8, 4) is 16.5 Å². The van der Waals surface area contributed by atoms with Crippen LogP contribution in [0.3, 0.4) is 0 Å². The van der Waals surface area contributed by atoms with Gasteiger partial charge in [0.05, 0.1) is 7.11 Å². The van der Waals surface area contributed by atoms with E-state index >= 15 is 0 Å². The molecule has 0 spiro atoms. The summed E-state index contributed by atoms with van der Waals surface area (Å²) in [6.45, 7) is 0. The third kappa shape index (κ3) is 1.29. The quantitative estimate of drug-likeness (QED) is 0.717. The second-order valence-corrected chi connectivity index (χ2v) is 3.36. The number of thiophene rings is 1. The molecule has 5 nitrogen and oxygen atoms in total. The molecule has 2 aromatic heterocycles. The van der Waals surface area contributed by atoms with Gasteiger partial charge in [0.25, 0.3) is 0 Å². The molecule has 0 amide bonds. The van der Waals surface area contributed by atoms with Crippen molar-refractivity contribution in [2.24, 2.45) is 7.05 Å². The third-order valence-electron chi connectivity index (χ3n) is 1.67. The number of rotatable bonds is 2. The first-order valence-corrected chi connectivity index (χ1v) is 4.55. The zero-order chi connectivity index (χ0) is 9.26. The third-order valence-corrected chi connectivity index (χ3v) is 2.56. The highest BCUT2D eigenvalue weighted by atomic mass is 32.1. The number of tetrazole rings is 1. The number of ether oxygens (including phenoxy) is 1. The molecule has 2 heterocycles. The standard InChI is InChI=1S/C7H8N4OS/c1-11-7(8-9-10-11)6-5(12-2)3-4-13-6/h3-4H,1-2H3. The SMILES string of the molecule is COc1ccsc1-c1nnnn1C. The average Bonchev–Trinajstić information content (AvgIpc) is 2.71. The molecule has 0 aliphatic heterocycles. The molecule has 6 heteroatoms. The van der Waals surface area contributed by atoms with Gasteiger partial charge in [-0.05, 0) is 21.9 Å².